The van der Waals surface area contributed by atoms with Crippen LogP contribution in [0.25, 0.3) is 0 Å². The molecular formula is C16H19N3O2. The van der Waals surface area contributed by atoms with Crippen molar-refractivity contribution in [2.45, 2.75) is 26.7 Å². The zero-order chi connectivity index (χ0) is 15.4. The Bertz CT molecular complexity index is 666. The Balaban J connectivity index is 2.46. The van der Waals surface area contributed by atoms with E-state index in [1.54, 1.807) is 18.3 Å². The van der Waals surface area contributed by atoms with Crippen LogP contribution in [0.15, 0.2) is 41.7 Å². The number of amidine groups is 1. The standard InChI is InChI=1S/C16H19N3O2/c1-10(2)12-7-6-11(3)9-14(12)21-16-13(15(17)19-20)5-4-8-18-16/h4-10,20H,1-3H3,(H2,17,19). The molecule has 5 heteroatoms. The molecule has 2 rings (SSSR count). The van der Waals surface area contributed by atoms with E-state index in [4.69, 9.17) is 15.7 Å². The zero-order valence-electron chi connectivity index (χ0n) is 12.4. The normalized spacial score (nSPS) is 11.7. The first kappa shape index (κ1) is 14.8. The Kier molecular flexibility index (Phi) is 4.42. The van der Waals surface area contributed by atoms with Gasteiger partial charge in [-0.05, 0) is 42.2 Å². The minimum absolute atomic E-state index is 0.0307. The molecule has 0 amide bonds. The van der Waals surface area contributed by atoms with Crippen molar-refractivity contribution >= 4 is 5.84 Å². The third kappa shape index (κ3) is 3.31. The zero-order valence-corrected chi connectivity index (χ0v) is 12.4. The monoisotopic (exact) mass is 285 g/mol. The summed E-state index contributed by atoms with van der Waals surface area (Å²) in [6, 6.07) is 9.45. The molecular weight excluding hydrogens is 266 g/mol. The maximum absolute atomic E-state index is 8.85. The van der Waals surface area contributed by atoms with Crippen molar-refractivity contribution in [1.82, 2.24) is 4.98 Å². The number of aryl methyl sites for hydroxylation is 1. The van der Waals surface area contributed by atoms with E-state index in [1.807, 2.05) is 25.1 Å². The van der Waals surface area contributed by atoms with E-state index < -0.39 is 0 Å². The lowest BCUT2D eigenvalue weighted by Gasteiger charge is -2.15. The molecule has 21 heavy (non-hydrogen) atoms. The molecule has 0 aliphatic rings. The van der Waals surface area contributed by atoms with Gasteiger partial charge in [0.2, 0.25) is 5.88 Å². The lowest BCUT2D eigenvalue weighted by molar-refractivity contribution is 0.318. The van der Waals surface area contributed by atoms with Crippen LogP contribution in [0.3, 0.4) is 0 Å². The van der Waals surface area contributed by atoms with Gasteiger partial charge in [0.15, 0.2) is 5.84 Å². The summed E-state index contributed by atoms with van der Waals surface area (Å²) in [6.07, 6.45) is 1.61. The number of hydrogen-bond donors (Lipinski definition) is 2. The molecule has 0 bridgehead atoms. The lowest BCUT2D eigenvalue weighted by Crippen LogP contribution is -2.14. The van der Waals surface area contributed by atoms with Crippen LogP contribution in [0.5, 0.6) is 11.6 Å². The lowest BCUT2D eigenvalue weighted by atomic mass is 10.0. The van der Waals surface area contributed by atoms with E-state index >= 15 is 0 Å². The van der Waals surface area contributed by atoms with Crippen LogP contribution in [0.1, 0.15) is 36.5 Å². The number of nitrogens with two attached hydrogens (primary N) is 1. The maximum Gasteiger partial charge on any atom is 0.230 e. The SMILES string of the molecule is Cc1ccc(C(C)C)c(Oc2ncccc2/C(N)=N/O)c1. The van der Waals surface area contributed by atoms with Crippen LogP contribution in [0, 0.1) is 6.92 Å². The quantitative estimate of drug-likeness (QED) is 0.390. The molecule has 1 heterocycles. The van der Waals surface area contributed by atoms with Gasteiger partial charge in [0.25, 0.3) is 0 Å². The molecule has 2 aromatic rings. The summed E-state index contributed by atoms with van der Waals surface area (Å²) in [4.78, 5) is 4.18. The molecule has 110 valence electrons. The fourth-order valence-electron chi connectivity index (χ4n) is 2.03. The van der Waals surface area contributed by atoms with Crippen molar-refractivity contribution in [2.24, 2.45) is 10.9 Å². The summed E-state index contributed by atoms with van der Waals surface area (Å²) in [5.74, 6) is 1.34. The number of benzene rings is 1. The number of oxime groups is 1. The highest BCUT2D eigenvalue weighted by molar-refractivity contribution is 5.99. The Morgan fingerprint density at radius 2 is 2.10 bits per heavy atom. The van der Waals surface area contributed by atoms with Gasteiger partial charge in [0, 0.05) is 6.20 Å². The predicted molar refractivity (Wildman–Crippen MR) is 82.1 cm³/mol. The summed E-state index contributed by atoms with van der Waals surface area (Å²) >= 11 is 0. The van der Waals surface area contributed by atoms with Gasteiger partial charge in [-0.15, -0.1) is 0 Å². The highest BCUT2D eigenvalue weighted by Gasteiger charge is 2.14. The molecule has 0 fully saturated rings. The van der Waals surface area contributed by atoms with Crippen LogP contribution >= 0.6 is 0 Å². The third-order valence-corrected chi connectivity index (χ3v) is 3.15. The molecule has 1 aromatic carbocycles. The first-order valence-corrected chi connectivity index (χ1v) is 6.74. The van der Waals surface area contributed by atoms with Crippen LogP contribution in [-0.2, 0) is 0 Å². The van der Waals surface area contributed by atoms with E-state index in [0.717, 1.165) is 16.9 Å². The number of nitrogens with zero attached hydrogens (tertiary/aromatic N) is 2. The van der Waals surface area contributed by atoms with Crippen molar-refractivity contribution in [2.75, 3.05) is 0 Å². The van der Waals surface area contributed by atoms with Crippen molar-refractivity contribution in [3.05, 3.63) is 53.2 Å². The number of ether oxygens (including phenoxy) is 1. The van der Waals surface area contributed by atoms with Gasteiger partial charge >= 0.3 is 0 Å². The summed E-state index contributed by atoms with van der Waals surface area (Å²) in [6.45, 7) is 6.20. The van der Waals surface area contributed by atoms with Gasteiger partial charge in [0.05, 0.1) is 5.56 Å². The molecule has 0 aliphatic heterocycles. The van der Waals surface area contributed by atoms with Gasteiger partial charge in [-0.25, -0.2) is 4.98 Å². The maximum atomic E-state index is 8.85. The van der Waals surface area contributed by atoms with E-state index in [0.29, 0.717) is 17.4 Å². The van der Waals surface area contributed by atoms with Crippen LogP contribution in [0.4, 0.5) is 0 Å². The van der Waals surface area contributed by atoms with Gasteiger partial charge in [-0.3, -0.25) is 0 Å². The summed E-state index contributed by atoms with van der Waals surface area (Å²) in [5, 5.41) is 11.9. The molecule has 0 radical (unpaired) electrons. The van der Waals surface area contributed by atoms with Crippen molar-refractivity contribution in [3.63, 3.8) is 0 Å². The molecule has 0 spiro atoms. The molecule has 0 unspecified atom stereocenters. The molecule has 3 N–H and O–H groups in total. The van der Waals surface area contributed by atoms with Gasteiger partial charge in [0.1, 0.15) is 5.75 Å². The Hall–Kier alpha value is -2.56. The number of pyridine rings is 1. The minimum atomic E-state index is -0.0307. The van der Waals surface area contributed by atoms with Crippen LogP contribution < -0.4 is 10.5 Å². The second-order valence-corrected chi connectivity index (χ2v) is 5.14. The molecule has 0 atom stereocenters. The number of aromatic nitrogens is 1. The molecule has 5 nitrogen and oxygen atoms in total. The van der Waals surface area contributed by atoms with Crippen molar-refractivity contribution in [1.29, 1.82) is 0 Å². The Morgan fingerprint density at radius 1 is 1.33 bits per heavy atom. The highest BCUT2D eigenvalue weighted by Crippen LogP contribution is 2.31. The second kappa shape index (κ2) is 6.26. The van der Waals surface area contributed by atoms with E-state index in [-0.39, 0.29) is 5.84 Å². The average Bonchev–Trinajstić information content (AvgIpc) is 2.47. The first-order chi connectivity index (χ1) is 10.0. The van der Waals surface area contributed by atoms with Crippen molar-refractivity contribution < 1.29 is 9.94 Å². The topological polar surface area (TPSA) is 80.7 Å². The Morgan fingerprint density at radius 3 is 2.76 bits per heavy atom. The van der Waals surface area contributed by atoms with Gasteiger partial charge in [-0.1, -0.05) is 31.1 Å². The van der Waals surface area contributed by atoms with Crippen molar-refractivity contribution in [3.8, 4) is 11.6 Å². The van der Waals surface area contributed by atoms with Gasteiger partial charge < -0.3 is 15.7 Å². The second-order valence-electron chi connectivity index (χ2n) is 5.14. The fourth-order valence-corrected chi connectivity index (χ4v) is 2.03. The number of hydrogen-bond acceptors (Lipinski definition) is 4. The summed E-state index contributed by atoms with van der Waals surface area (Å²) in [7, 11) is 0. The first-order valence-electron chi connectivity index (χ1n) is 6.74. The van der Waals surface area contributed by atoms with E-state index in [1.165, 1.54) is 0 Å². The molecule has 0 saturated carbocycles. The smallest absolute Gasteiger partial charge is 0.230 e. The molecule has 0 aliphatic carbocycles. The fraction of sp³-hybridized carbons (Fsp3) is 0.250. The average molecular weight is 285 g/mol. The largest absolute Gasteiger partial charge is 0.438 e. The molecule has 1 aromatic heterocycles. The Labute approximate surface area is 124 Å². The van der Waals surface area contributed by atoms with E-state index in [9.17, 15) is 0 Å². The van der Waals surface area contributed by atoms with Crippen LogP contribution in [0.2, 0.25) is 0 Å². The summed E-state index contributed by atoms with van der Waals surface area (Å²) in [5.41, 5.74) is 8.28. The number of rotatable bonds is 4. The molecule has 0 saturated heterocycles. The summed E-state index contributed by atoms with van der Waals surface area (Å²) < 4.78 is 5.92. The third-order valence-electron chi connectivity index (χ3n) is 3.15. The van der Waals surface area contributed by atoms with Crippen LogP contribution in [-0.4, -0.2) is 16.0 Å². The predicted octanol–water partition coefficient (Wildman–Crippen LogP) is 3.40. The van der Waals surface area contributed by atoms with Gasteiger partial charge in [-0.2, -0.15) is 0 Å². The van der Waals surface area contributed by atoms with E-state index in [2.05, 4.69) is 24.0 Å². The minimum Gasteiger partial charge on any atom is -0.438 e. The highest BCUT2D eigenvalue weighted by atomic mass is 16.5.